The lowest BCUT2D eigenvalue weighted by atomic mass is 10.1. The zero-order valence-electron chi connectivity index (χ0n) is 11.5. The summed E-state index contributed by atoms with van der Waals surface area (Å²) in [4.78, 5) is 12.0. The Bertz CT molecular complexity index is 639. The van der Waals surface area contributed by atoms with Crippen molar-refractivity contribution < 1.29 is 13.9 Å². The van der Waals surface area contributed by atoms with Crippen LogP contribution >= 0.6 is 0 Å². The van der Waals surface area contributed by atoms with Gasteiger partial charge in [-0.15, -0.1) is 0 Å². The van der Waals surface area contributed by atoms with Crippen LogP contribution in [-0.2, 0) is 11.2 Å². The molecular weight excluding hydrogens is 269 g/mol. The number of rotatable bonds is 4. The largest absolute Gasteiger partial charge is 0.491 e. The van der Waals surface area contributed by atoms with Crippen LogP contribution in [0.15, 0.2) is 48.5 Å². The van der Waals surface area contributed by atoms with Crippen molar-refractivity contribution in [2.45, 2.75) is 18.9 Å². The topological polar surface area (TPSA) is 38.3 Å². The predicted molar refractivity (Wildman–Crippen MR) is 77.5 cm³/mol. The number of halogens is 1. The molecule has 1 amide bonds. The standard InChI is InChI=1S/C17H16FNO2/c18-13-8-5-12(6-9-13)7-10-17(20)19-15-11-21-16-4-2-1-3-14(15)16/h1-6,8-9,15H,7,10-11H2,(H,19,20). The van der Waals surface area contributed by atoms with Crippen LogP contribution in [0.3, 0.4) is 0 Å². The van der Waals surface area contributed by atoms with Crippen molar-refractivity contribution in [1.82, 2.24) is 5.32 Å². The third-order valence-corrected chi connectivity index (χ3v) is 3.59. The van der Waals surface area contributed by atoms with E-state index in [0.717, 1.165) is 16.9 Å². The fraction of sp³-hybridized carbons (Fsp3) is 0.235. The van der Waals surface area contributed by atoms with Gasteiger partial charge in [-0.2, -0.15) is 0 Å². The molecule has 1 atom stereocenters. The second-order valence-corrected chi connectivity index (χ2v) is 5.10. The molecule has 1 aliphatic rings. The summed E-state index contributed by atoms with van der Waals surface area (Å²) in [6, 6.07) is 13.9. The Morgan fingerprint density at radius 1 is 1.19 bits per heavy atom. The van der Waals surface area contributed by atoms with Gasteiger partial charge in [0.15, 0.2) is 0 Å². The zero-order chi connectivity index (χ0) is 14.7. The summed E-state index contributed by atoms with van der Waals surface area (Å²) in [6.07, 6.45) is 0.978. The molecule has 3 rings (SSSR count). The highest BCUT2D eigenvalue weighted by Gasteiger charge is 2.24. The van der Waals surface area contributed by atoms with Crippen molar-refractivity contribution in [2.24, 2.45) is 0 Å². The fourth-order valence-electron chi connectivity index (χ4n) is 2.46. The quantitative estimate of drug-likeness (QED) is 0.937. The monoisotopic (exact) mass is 285 g/mol. The van der Waals surface area contributed by atoms with E-state index in [-0.39, 0.29) is 17.8 Å². The number of amides is 1. The van der Waals surface area contributed by atoms with Gasteiger partial charge >= 0.3 is 0 Å². The number of benzene rings is 2. The van der Waals surface area contributed by atoms with E-state index < -0.39 is 0 Å². The van der Waals surface area contributed by atoms with Crippen LogP contribution in [-0.4, -0.2) is 12.5 Å². The Balaban J connectivity index is 1.54. The van der Waals surface area contributed by atoms with Crippen molar-refractivity contribution in [3.63, 3.8) is 0 Å². The maximum absolute atomic E-state index is 12.8. The summed E-state index contributed by atoms with van der Waals surface area (Å²) in [5, 5.41) is 2.98. The molecule has 0 bridgehead atoms. The molecule has 0 saturated heterocycles. The summed E-state index contributed by atoms with van der Waals surface area (Å²) in [6.45, 7) is 0.474. The molecule has 108 valence electrons. The summed E-state index contributed by atoms with van der Waals surface area (Å²) in [5.41, 5.74) is 1.97. The number of para-hydroxylation sites is 1. The Kier molecular flexibility index (Phi) is 3.86. The van der Waals surface area contributed by atoms with Crippen LogP contribution in [0.25, 0.3) is 0 Å². The molecule has 0 aliphatic carbocycles. The second-order valence-electron chi connectivity index (χ2n) is 5.10. The Morgan fingerprint density at radius 3 is 2.76 bits per heavy atom. The first-order valence-corrected chi connectivity index (χ1v) is 6.98. The van der Waals surface area contributed by atoms with Gasteiger partial charge in [0.05, 0.1) is 6.04 Å². The highest BCUT2D eigenvalue weighted by Crippen LogP contribution is 2.31. The third kappa shape index (κ3) is 3.21. The molecule has 0 saturated carbocycles. The van der Waals surface area contributed by atoms with Crippen LogP contribution in [0.5, 0.6) is 5.75 Å². The molecule has 0 aromatic heterocycles. The van der Waals surface area contributed by atoms with Crippen LogP contribution in [0.4, 0.5) is 4.39 Å². The van der Waals surface area contributed by atoms with E-state index in [2.05, 4.69) is 5.32 Å². The van der Waals surface area contributed by atoms with E-state index in [1.165, 1.54) is 12.1 Å². The van der Waals surface area contributed by atoms with Gasteiger partial charge in [0, 0.05) is 12.0 Å². The average Bonchev–Trinajstić information content (AvgIpc) is 2.90. The Labute approximate surface area is 122 Å². The van der Waals surface area contributed by atoms with Gasteiger partial charge < -0.3 is 10.1 Å². The van der Waals surface area contributed by atoms with Crippen molar-refractivity contribution >= 4 is 5.91 Å². The SMILES string of the molecule is O=C(CCc1ccc(F)cc1)NC1COc2ccccc21. The number of nitrogens with one attached hydrogen (secondary N) is 1. The number of hydrogen-bond donors (Lipinski definition) is 1. The minimum Gasteiger partial charge on any atom is -0.491 e. The Hall–Kier alpha value is -2.36. The maximum atomic E-state index is 12.8. The lowest BCUT2D eigenvalue weighted by Gasteiger charge is -2.11. The van der Waals surface area contributed by atoms with Gasteiger partial charge in [0.25, 0.3) is 0 Å². The summed E-state index contributed by atoms with van der Waals surface area (Å²) < 4.78 is 18.3. The van der Waals surface area contributed by atoms with Crippen molar-refractivity contribution in [3.8, 4) is 5.75 Å². The van der Waals surface area contributed by atoms with E-state index in [0.29, 0.717) is 19.4 Å². The van der Waals surface area contributed by atoms with Crippen LogP contribution in [0.2, 0.25) is 0 Å². The molecular formula is C17H16FNO2. The molecule has 1 aliphatic heterocycles. The molecule has 4 heteroatoms. The number of aryl methyl sites for hydroxylation is 1. The maximum Gasteiger partial charge on any atom is 0.220 e. The third-order valence-electron chi connectivity index (χ3n) is 3.59. The molecule has 0 fully saturated rings. The van der Waals surface area contributed by atoms with Crippen LogP contribution < -0.4 is 10.1 Å². The molecule has 2 aromatic carbocycles. The molecule has 1 heterocycles. The molecule has 1 unspecified atom stereocenters. The highest BCUT2D eigenvalue weighted by molar-refractivity contribution is 5.77. The first-order valence-electron chi connectivity index (χ1n) is 6.98. The number of carbonyl (C=O) groups is 1. The van der Waals surface area contributed by atoms with Crippen LogP contribution in [0.1, 0.15) is 23.6 Å². The minimum atomic E-state index is -0.261. The summed E-state index contributed by atoms with van der Waals surface area (Å²) in [7, 11) is 0. The van der Waals surface area contributed by atoms with Crippen molar-refractivity contribution in [3.05, 3.63) is 65.5 Å². The van der Waals surface area contributed by atoms with Gasteiger partial charge in [0.1, 0.15) is 18.2 Å². The normalized spacial score (nSPS) is 16.1. The van der Waals surface area contributed by atoms with Gasteiger partial charge in [-0.1, -0.05) is 30.3 Å². The van der Waals surface area contributed by atoms with Gasteiger partial charge in [0.2, 0.25) is 5.91 Å². The van der Waals surface area contributed by atoms with Gasteiger partial charge in [-0.25, -0.2) is 4.39 Å². The molecule has 21 heavy (non-hydrogen) atoms. The lowest BCUT2D eigenvalue weighted by molar-refractivity contribution is -0.121. The predicted octanol–water partition coefficient (Wildman–Crippen LogP) is 3.01. The number of fused-ring (bicyclic) bond motifs is 1. The van der Waals surface area contributed by atoms with Crippen molar-refractivity contribution in [1.29, 1.82) is 0 Å². The van der Waals surface area contributed by atoms with Gasteiger partial charge in [-0.05, 0) is 30.2 Å². The number of carbonyl (C=O) groups excluding carboxylic acids is 1. The van der Waals surface area contributed by atoms with E-state index in [1.807, 2.05) is 24.3 Å². The van der Waals surface area contributed by atoms with E-state index >= 15 is 0 Å². The second kappa shape index (κ2) is 5.95. The minimum absolute atomic E-state index is 0.0235. The van der Waals surface area contributed by atoms with Crippen LogP contribution in [0, 0.1) is 5.82 Å². The lowest BCUT2D eigenvalue weighted by Crippen LogP contribution is -2.29. The van der Waals surface area contributed by atoms with E-state index in [1.54, 1.807) is 12.1 Å². The first kappa shape index (κ1) is 13.6. The Morgan fingerprint density at radius 2 is 1.95 bits per heavy atom. The first-order chi connectivity index (χ1) is 10.2. The zero-order valence-corrected chi connectivity index (χ0v) is 11.5. The molecule has 2 aromatic rings. The molecule has 3 nitrogen and oxygen atoms in total. The molecule has 0 spiro atoms. The summed E-state index contributed by atoms with van der Waals surface area (Å²) in [5.74, 6) is 0.550. The molecule has 0 radical (unpaired) electrons. The molecule has 1 N–H and O–H groups in total. The average molecular weight is 285 g/mol. The van der Waals surface area contributed by atoms with E-state index in [9.17, 15) is 9.18 Å². The fourth-order valence-corrected chi connectivity index (χ4v) is 2.46. The van der Waals surface area contributed by atoms with Crippen molar-refractivity contribution in [2.75, 3.05) is 6.61 Å². The smallest absolute Gasteiger partial charge is 0.220 e. The number of ether oxygens (including phenoxy) is 1. The highest BCUT2D eigenvalue weighted by atomic mass is 19.1. The van der Waals surface area contributed by atoms with E-state index in [4.69, 9.17) is 4.74 Å². The number of hydrogen-bond acceptors (Lipinski definition) is 2. The summed E-state index contributed by atoms with van der Waals surface area (Å²) >= 11 is 0. The van der Waals surface area contributed by atoms with Gasteiger partial charge in [-0.3, -0.25) is 4.79 Å².